The number of hydrogen-bond donors (Lipinski definition) is 1. The molecule has 2 aromatic heterocycles. The molecule has 3 unspecified atom stereocenters. The molecule has 3 heterocycles. The number of rotatable bonds is 3. The molecule has 0 saturated carbocycles. The number of para-hydroxylation sites is 2. The summed E-state index contributed by atoms with van der Waals surface area (Å²) in [4.78, 5) is 0. The molecule has 0 spiro atoms. The molecule has 8 aromatic rings. The van der Waals surface area contributed by atoms with Crippen molar-refractivity contribution in [2.75, 3.05) is 0 Å². The van der Waals surface area contributed by atoms with Crippen molar-refractivity contribution in [2.24, 2.45) is 0 Å². The Morgan fingerprint density at radius 2 is 1.12 bits per heavy atom. The van der Waals surface area contributed by atoms with Gasteiger partial charge in [-0.1, -0.05) is 127 Å². The van der Waals surface area contributed by atoms with Crippen LogP contribution in [-0.2, 0) is 0 Å². The summed E-state index contributed by atoms with van der Waals surface area (Å²) in [5.41, 5.74) is 12.9. The van der Waals surface area contributed by atoms with Crippen LogP contribution in [0, 0.1) is 0 Å². The van der Waals surface area contributed by atoms with E-state index < -0.39 is 0 Å². The Bertz CT molecular complexity index is 2770. The zero-order chi connectivity index (χ0) is 32.8. The summed E-state index contributed by atoms with van der Waals surface area (Å²) >= 11 is 1.90. The van der Waals surface area contributed by atoms with E-state index >= 15 is 0 Å². The summed E-state index contributed by atoms with van der Waals surface area (Å²) in [5.74, 6) is 0.573. The fraction of sp³-hybridized carbons (Fsp3) is 0.0638. The van der Waals surface area contributed by atoms with E-state index in [1.165, 1.54) is 80.9 Å². The number of dihydropyridines is 1. The average molecular weight is 657 g/mol. The first-order valence-corrected chi connectivity index (χ1v) is 18.3. The maximum atomic E-state index is 3.91. The minimum Gasteiger partial charge on any atom is -0.361 e. The van der Waals surface area contributed by atoms with E-state index in [1.54, 1.807) is 0 Å². The zero-order valence-electron chi connectivity index (χ0n) is 27.3. The van der Waals surface area contributed by atoms with Gasteiger partial charge in [0.2, 0.25) is 0 Å². The molecule has 2 nitrogen and oxygen atoms in total. The van der Waals surface area contributed by atoms with Crippen LogP contribution >= 0.6 is 11.3 Å². The van der Waals surface area contributed by atoms with Gasteiger partial charge in [-0.3, -0.25) is 0 Å². The van der Waals surface area contributed by atoms with Crippen molar-refractivity contribution in [1.82, 2.24) is 9.88 Å². The van der Waals surface area contributed by atoms with Crippen molar-refractivity contribution in [3.8, 4) is 22.3 Å². The minimum atomic E-state index is 0.00521. The van der Waals surface area contributed by atoms with Crippen molar-refractivity contribution in [1.29, 1.82) is 0 Å². The third-order valence-corrected chi connectivity index (χ3v) is 12.2. The van der Waals surface area contributed by atoms with Gasteiger partial charge in [0.15, 0.2) is 0 Å². The summed E-state index contributed by atoms with van der Waals surface area (Å²) in [6.07, 6.45) is 16.0. The largest absolute Gasteiger partial charge is 0.361 e. The lowest BCUT2D eigenvalue weighted by atomic mass is 9.69. The van der Waals surface area contributed by atoms with Crippen LogP contribution in [0.2, 0.25) is 0 Å². The van der Waals surface area contributed by atoms with Crippen LogP contribution in [0.15, 0.2) is 170 Å². The Kier molecular flexibility index (Phi) is 6.05. The van der Waals surface area contributed by atoms with Gasteiger partial charge in [-0.2, -0.15) is 0 Å². The maximum absolute atomic E-state index is 3.91. The van der Waals surface area contributed by atoms with Crippen LogP contribution in [0.5, 0.6) is 0 Å². The van der Waals surface area contributed by atoms with Crippen LogP contribution in [-0.4, -0.2) is 4.57 Å². The second kappa shape index (κ2) is 10.8. The SMILES string of the molecule is C1=CC2c3cc(C4=CC=CC(n5c6ccccc6c6ccccc65)N4)ccc3-c3ccc(-c4cccc5c4sc4ccccc45)cc3C2C=C1. The number of benzene rings is 6. The number of thiophene rings is 1. The third-order valence-electron chi connectivity index (χ3n) is 11.0. The first kappa shape index (κ1) is 28.0. The molecule has 0 bridgehead atoms. The fourth-order valence-corrected chi connectivity index (χ4v) is 10.0. The molecule has 3 heteroatoms. The second-order valence-corrected chi connectivity index (χ2v) is 14.7. The van der Waals surface area contributed by atoms with E-state index in [0.29, 0.717) is 0 Å². The van der Waals surface area contributed by atoms with Gasteiger partial charge in [0.25, 0.3) is 0 Å². The first-order valence-electron chi connectivity index (χ1n) is 17.5. The Labute approximate surface area is 294 Å². The highest BCUT2D eigenvalue weighted by molar-refractivity contribution is 7.26. The summed E-state index contributed by atoms with van der Waals surface area (Å²) in [6.45, 7) is 0. The molecule has 50 heavy (non-hydrogen) atoms. The predicted octanol–water partition coefficient (Wildman–Crippen LogP) is 12.5. The van der Waals surface area contributed by atoms with Gasteiger partial charge in [0.1, 0.15) is 6.17 Å². The molecular weight excluding hydrogens is 625 g/mol. The van der Waals surface area contributed by atoms with Crippen molar-refractivity contribution < 1.29 is 0 Å². The van der Waals surface area contributed by atoms with E-state index in [0.717, 1.165) is 5.70 Å². The number of fused-ring (bicyclic) bond motifs is 12. The van der Waals surface area contributed by atoms with Gasteiger partial charge < -0.3 is 9.88 Å². The van der Waals surface area contributed by atoms with Crippen LogP contribution in [0.4, 0.5) is 0 Å². The minimum absolute atomic E-state index is 0.00521. The molecule has 3 aliphatic rings. The lowest BCUT2D eigenvalue weighted by Gasteiger charge is -2.35. The van der Waals surface area contributed by atoms with Crippen LogP contribution in [0.3, 0.4) is 0 Å². The summed E-state index contributed by atoms with van der Waals surface area (Å²) in [7, 11) is 0. The molecule has 236 valence electrons. The average Bonchev–Trinajstić information content (AvgIpc) is 3.74. The molecule has 0 radical (unpaired) electrons. The Morgan fingerprint density at radius 1 is 0.500 bits per heavy atom. The van der Waals surface area contributed by atoms with Gasteiger partial charge in [0.05, 0.1) is 11.0 Å². The first-order chi connectivity index (χ1) is 24.8. The summed E-state index contributed by atoms with van der Waals surface area (Å²) in [6, 6.07) is 47.3. The number of nitrogens with zero attached hydrogens (tertiary/aromatic N) is 1. The Hall–Kier alpha value is -5.90. The van der Waals surface area contributed by atoms with Gasteiger partial charge in [-0.25, -0.2) is 0 Å². The number of aromatic nitrogens is 1. The van der Waals surface area contributed by atoms with Gasteiger partial charge >= 0.3 is 0 Å². The Balaban J connectivity index is 0.994. The van der Waals surface area contributed by atoms with E-state index in [1.807, 2.05) is 11.3 Å². The standard InChI is InChI=1S/C47H32N2S/c1-2-12-33-32(11-1)40-27-29(31-16-9-17-39-38-15-5-8-21-45(38)50-47(31)39)23-25-34(40)35-26-24-30(28-41(33)35)42-18-10-22-46(48-42)49-43-19-6-3-13-36(43)37-14-4-7-20-44(37)49/h1-28,32-33,46,48H. The van der Waals surface area contributed by atoms with Gasteiger partial charge in [-0.15, -0.1) is 11.3 Å². The van der Waals surface area contributed by atoms with E-state index in [9.17, 15) is 0 Å². The normalized spacial score (nSPS) is 19.0. The lowest BCUT2D eigenvalue weighted by Crippen LogP contribution is -2.26. The summed E-state index contributed by atoms with van der Waals surface area (Å²) in [5, 5.41) is 9.17. The molecule has 6 aromatic carbocycles. The zero-order valence-corrected chi connectivity index (χ0v) is 28.1. The van der Waals surface area contributed by atoms with E-state index in [-0.39, 0.29) is 18.0 Å². The topological polar surface area (TPSA) is 17.0 Å². The molecule has 0 amide bonds. The number of hydrogen-bond acceptors (Lipinski definition) is 2. The van der Waals surface area contributed by atoms with E-state index in [4.69, 9.17) is 0 Å². The van der Waals surface area contributed by atoms with Gasteiger partial charge in [-0.05, 0) is 81.4 Å². The number of nitrogens with one attached hydrogen (secondary N) is 1. The molecule has 0 fully saturated rings. The highest BCUT2D eigenvalue weighted by Crippen LogP contribution is 2.51. The van der Waals surface area contributed by atoms with Crippen LogP contribution in [0.25, 0.3) is 69.9 Å². The molecule has 1 aliphatic heterocycles. The highest BCUT2D eigenvalue weighted by Gasteiger charge is 2.33. The monoisotopic (exact) mass is 656 g/mol. The van der Waals surface area contributed by atoms with Gasteiger partial charge in [0, 0.05) is 48.5 Å². The lowest BCUT2D eigenvalue weighted by molar-refractivity contribution is 0.589. The molecule has 2 aliphatic carbocycles. The molecule has 0 saturated heterocycles. The smallest absolute Gasteiger partial charge is 0.123 e. The number of allylic oxidation sites excluding steroid dienone is 6. The van der Waals surface area contributed by atoms with Crippen molar-refractivity contribution >= 4 is 59.0 Å². The predicted molar refractivity (Wildman–Crippen MR) is 213 cm³/mol. The quantitative estimate of drug-likeness (QED) is 0.200. The van der Waals surface area contributed by atoms with Crippen LogP contribution < -0.4 is 5.32 Å². The van der Waals surface area contributed by atoms with Crippen LogP contribution in [0.1, 0.15) is 34.7 Å². The third kappa shape index (κ3) is 4.08. The molecule has 11 rings (SSSR count). The maximum Gasteiger partial charge on any atom is 0.123 e. The fourth-order valence-electron chi connectivity index (χ4n) is 8.77. The molecular formula is C47H32N2S. The summed E-state index contributed by atoms with van der Waals surface area (Å²) < 4.78 is 5.15. The van der Waals surface area contributed by atoms with Crippen molar-refractivity contribution in [3.05, 3.63) is 187 Å². The van der Waals surface area contributed by atoms with Crippen molar-refractivity contribution in [2.45, 2.75) is 18.0 Å². The van der Waals surface area contributed by atoms with Crippen molar-refractivity contribution in [3.63, 3.8) is 0 Å². The highest BCUT2D eigenvalue weighted by atomic mass is 32.1. The van der Waals surface area contributed by atoms with E-state index in [2.05, 4.69) is 180 Å². The second-order valence-electron chi connectivity index (χ2n) is 13.7. The molecule has 1 N–H and O–H groups in total. The molecule has 3 atom stereocenters. The Morgan fingerprint density at radius 3 is 1.86 bits per heavy atom.